The second-order valence-electron chi connectivity index (χ2n) is 4.16. The predicted molar refractivity (Wildman–Crippen MR) is 65.8 cm³/mol. The van der Waals surface area contributed by atoms with Crippen LogP contribution in [0.5, 0.6) is 0 Å². The number of benzene rings is 1. The van der Waals surface area contributed by atoms with E-state index >= 15 is 0 Å². The molecule has 0 fully saturated rings. The van der Waals surface area contributed by atoms with Gasteiger partial charge in [0.15, 0.2) is 0 Å². The first-order valence-corrected chi connectivity index (χ1v) is 5.47. The van der Waals surface area contributed by atoms with Gasteiger partial charge in [-0.2, -0.15) is 0 Å². The Morgan fingerprint density at radius 2 is 1.93 bits per heavy atom. The predicted octanol–water partition coefficient (Wildman–Crippen LogP) is 3.76. The molecule has 0 radical (unpaired) electrons. The minimum atomic E-state index is 0.691. The summed E-state index contributed by atoms with van der Waals surface area (Å²) in [6.45, 7) is 5.15. The van der Waals surface area contributed by atoms with Gasteiger partial charge in [0.1, 0.15) is 0 Å². The zero-order chi connectivity index (χ0) is 11.1. The van der Waals surface area contributed by atoms with Crippen LogP contribution in [0.2, 0.25) is 0 Å². The number of rotatable bonds is 5. The zero-order valence-corrected chi connectivity index (χ0v) is 9.86. The Hall–Kier alpha value is -1.08. The molecule has 0 N–H and O–H groups in total. The van der Waals surface area contributed by atoms with Crippen LogP contribution in [0.3, 0.4) is 0 Å². The van der Waals surface area contributed by atoms with Crippen molar-refractivity contribution in [3.05, 3.63) is 42.0 Å². The van der Waals surface area contributed by atoms with Crippen molar-refractivity contribution in [3.63, 3.8) is 0 Å². The van der Waals surface area contributed by atoms with Crippen molar-refractivity contribution in [2.24, 2.45) is 5.92 Å². The molecule has 82 valence electrons. The van der Waals surface area contributed by atoms with Crippen LogP contribution < -0.4 is 0 Å². The third kappa shape index (κ3) is 4.30. The largest absolute Gasteiger partial charge is 0.380 e. The maximum Gasteiger partial charge on any atom is 0.0715 e. The first kappa shape index (κ1) is 12.0. The molecule has 0 spiro atoms. The fourth-order valence-electron chi connectivity index (χ4n) is 1.45. The molecule has 1 aromatic rings. The van der Waals surface area contributed by atoms with Crippen LogP contribution in [0.1, 0.15) is 25.8 Å². The fourth-order valence-corrected chi connectivity index (χ4v) is 1.45. The third-order valence-corrected chi connectivity index (χ3v) is 2.28. The lowest BCUT2D eigenvalue weighted by molar-refractivity contribution is 0.239. The highest BCUT2D eigenvalue weighted by Crippen LogP contribution is 2.16. The van der Waals surface area contributed by atoms with Gasteiger partial charge in [0.2, 0.25) is 0 Å². The van der Waals surface area contributed by atoms with E-state index < -0.39 is 0 Å². The Labute approximate surface area is 92.8 Å². The second-order valence-corrected chi connectivity index (χ2v) is 4.16. The minimum absolute atomic E-state index is 0.691. The summed E-state index contributed by atoms with van der Waals surface area (Å²) in [5, 5.41) is 0. The summed E-state index contributed by atoms with van der Waals surface area (Å²) >= 11 is 0. The first-order valence-electron chi connectivity index (χ1n) is 5.47. The molecule has 1 aromatic carbocycles. The van der Waals surface area contributed by atoms with Crippen molar-refractivity contribution < 1.29 is 4.74 Å². The van der Waals surface area contributed by atoms with Gasteiger partial charge in [-0.25, -0.2) is 0 Å². The van der Waals surface area contributed by atoms with E-state index in [9.17, 15) is 0 Å². The highest BCUT2D eigenvalue weighted by atomic mass is 16.5. The SMILES string of the molecule is COC/C(=C/CC(C)C)c1ccccc1. The fraction of sp³-hybridized carbons (Fsp3) is 0.429. The minimum Gasteiger partial charge on any atom is -0.380 e. The number of hydrogen-bond donors (Lipinski definition) is 0. The van der Waals surface area contributed by atoms with E-state index in [1.807, 2.05) is 6.07 Å². The molecule has 0 heterocycles. The molecular formula is C14H20O. The molecule has 0 amide bonds. The van der Waals surface area contributed by atoms with Crippen LogP contribution in [-0.4, -0.2) is 13.7 Å². The molecule has 0 atom stereocenters. The molecule has 15 heavy (non-hydrogen) atoms. The zero-order valence-electron chi connectivity index (χ0n) is 9.86. The van der Waals surface area contributed by atoms with Crippen molar-refractivity contribution in [3.8, 4) is 0 Å². The van der Waals surface area contributed by atoms with E-state index in [-0.39, 0.29) is 0 Å². The number of ether oxygens (including phenoxy) is 1. The lowest BCUT2D eigenvalue weighted by Gasteiger charge is -2.08. The van der Waals surface area contributed by atoms with Gasteiger partial charge in [0.05, 0.1) is 6.61 Å². The highest BCUT2D eigenvalue weighted by Gasteiger charge is 2.00. The van der Waals surface area contributed by atoms with Gasteiger partial charge < -0.3 is 4.74 Å². The smallest absolute Gasteiger partial charge is 0.0715 e. The van der Waals surface area contributed by atoms with Gasteiger partial charge in [-0.1, -0.05) is 50.3 Å². The topological polar surface area (TPSA) is 9.23 Å². The molecule has 1 heteroatoms. The summed E-state index contributed by atoms with van der Waals surface area (Å²) in [5.41, 5.74) is 2.55. The highest BCUT2D eigenvalue weighted by molar-refractivity contribution is 5.66. The van der Waals surface area contributed by atoms with Gasteiger partial charge in [-0.15, -0.1) is 0 Å². The molecule has 0 saturated carbocycles. The van der Waals surface area contributed by atoms with E-state index in [2.05, 4.69) is 44.2 Å². The second kappa shape index (κ2) is 6.41. The average molecular weight is 204 g/mol. The lowest BCUT2D eigenvalue weighted by atomic mass is 10.0. The van der Waals surface area contributed by atoms with Gasteiger partial charge in [-0.05, 0) is 23.5 Å². The Kier molecular flexibility index (Phi) is 5.13. The van der Waals surface area contributed by atoms with Gasteiger partial charge >= 0.3 is 0 Å². The lowest BCUT2D eigenvalue weighted by Crippen LogP contribution is -1.95. The summed E-state index contributed by atoms with van der Waals surface area (Å²) in [7, 11) is 1.74. The molecule has 0 bridgehead atoms. The van der Waals surface area contributed by atoms with Crippen molar-refractivity contribution >= 4 is 5.57 Å². The van der Waals surface area contributed by atoms with E-state index in [0.717, 1.165) is 6.42 Å². The van der Waals surface area contributed by atoms with E-state index in [0.29, 0.717) is 12.5 Å². The molecule has 0 aliphatic carbocycles. The Morgan fingerprint density at radius 3 is 2.47 bits per heavy atom. The van der Waals surface area contributed by atoms with Gasteiger partial charge in [0.25, 0.3) is 0 Å². The van der Waals surface area contributed by atoms with Crippen molar-refractivity contribution in [1.82, 2.24) is 0 Å². The van der Waals surface area contributed by atoms with Crippen LogP contribution in [-0.2, 0) is 4.74 Å². The van der Waals surface area contributed by atoms with Crippen LogP contribution in [0.25, 0.3) is 5.57 Å². The molecular weight excluding hydrogens is 184 g/mol. The maximum absolute atomic E-state index is 5.22. The van der Waals surface area contributed by atoms with E-state index in [1.54, 1.807) is 7.11 Å². The van der Waals surface area contributed by atoms with Crippen LogP contribution in [0.4, 0.5) is 0 Å². The van der Waals surface area contributed by atoms with Gasteiger partial charge in [-0.3, -0.25) is 0 Å². The maximum atomic E-state index is 5.22. The number of hydrogen-bond acceptors (Lipinski definition) is 1. The molecule has 0 unspecified atom stereocenters. The summed E-state index contributed by atoms with van der Waals surface area (Å²) in [5.74, 6) is 0.695. The molecule has 0 aromatic heterocycles. The molecule has 1 rings (SSSR count). The molecule has 0 saturated heterocycles. The summed E-state index contributed by atoms with van der Waals surface area (Å²) in [4.78, 5) is 0. The summed E-state index contributed by atoms with van der Waals surface area (Å²) < 4.78 is 5.22. The van der Waals surface area contributed by atoms with Crippen molar-refractivity contribution in [1.29, 1.82) is 0 Å². The van der Waals surface area contributed by atoms with Gasteiger partial charge in [0, 0.05) is 7.11 Å². The standard InChI is InChI=1S/C14H20O/c1-12(2)9-10-14(11-15-3)13-7-5-4-6-8-13/h4-8,10,12H,9,11H2,1-3H3/b14-10-. The molecule has 0 aliphatic heterocycles. The number of allylic oxidation sites excluding steroid dienone is 1. The van der Waals surface area contributed by atoms with E-state index in [1.165, 1.54) is 11.1 Å². The molecule has 1 nitrogen and oxygen atoms in total. The Balaban J connectivity index is 2.78. The van der Waals surface area contributed by atoms with E-state index in [4.69, 9.17) is 4.74 Å². The number of methoxy groups -OCH3 is 1. The monoisotopic (exact) mass is 204 g/mol. The Bertz CT molecular complexity index is 298. The quantitative estimate of drug-likeness (QED) is 0.709. The van der Waals surface area contributed by atoms with Crippen molar-refractivity contribution in [2.45, 2.75) is 20.3 Å². The Morgan fingerprint density at radius 1 is 1.27 bits per heavy atom. The summed E-state index contributed by atoms with van der Waals surface area (Å²) in [6, 6.07) is 10.4. The van der Waals surface area contributed by atoms with Crippen LogP contribution in [0.15, 0.2) is 36.4 Å². The average Bonchev–Trinajstić information content (AvgIpc) is 2.25. The molecule has 0 aliphatic rings. The van der Waals surface area contributed by atoms with Crippen LogP contribution >= 0.6 is 0 Å². The summed E-state index contributed by atoms with van der Waals surface area (Å²) in [6.07, 6.45) is 3.39. The normalized spacial score (nSPS) is 12.1. The third-order valence-electron chi connectivity index (χ3n) is 2.28. The van der Waals surface area contributed by atoms with Crippen molar-refractivity contribution in [2.75, 3.05) is 13.7 Å². The van der Waals surface area contributed by atoms with Crippen LogP contribution in [0, 0.1) is 5.92 Å². The first-order chi connectivity index (χ1) is 7.24.